The Labute approximate surface area is 191 Å². The van der Waals surface area contributed by atoms with E-state index in [1.165, 1.54) is 28.8 Å². The first kappa shape index (κ1) is 24.5. The Balaban J connectivity index is 2.13. The Morgan fingerprint density at radius 3 is 2.37 bits per heavy atom. The monoisotopic (exact) mass is 470 g/mol. The van der Waals surface area contributed by atoms with E-state index in [2.05, 4.69) is 5.32 Å². The summed E-state index contributed by atoms with van der Waals surface area (Å²) in [4.78, 5) is 27.0. The third kappa shape index (κ3) is 6.89. The lowest BCUT2D eigenvalue weighted by molar-refractivity contribution is -0.138. The second-order valence-corrected chi connectivity index (χ2v) is 8.95. The van der Waals surface area contributed by atoms with Crippen LogP contribution in [0, 0.1) is 5.82 Å². The van der Waals surface area contributed by atoms with Crippen molar-refractivity contribution in [2.45, 2.75) is 45.2 Å². The van der Waals surface area contributed by atoms with E-state index in [-0.39, 0.29) is 35.9 Å². The minimum Gasteiger partial charge on any atom is -0.352 e. The van der Waals surface area contributed by atoms with Gasteiger partial charge in [-0.15, -0.1) is 11.8 Å². The lowest BCUT2D eigenvalue weighted by Crippen LogP contribution is -2.49. The molecule has 0 bridgehead atoms. The molecule has 2 aromatic rings. The molecule has 0 aliphatic heterocycles. The number of carbonyl (C=O) groups is 2. The Bertz CT molecular complexity index is 875. The maximum atomic E-state index is 14.0. The van der Waals surface area contributed by atoms with Crippen molar-refractivity contribution < 1.29 is 14.0 Å². The molecule has 1 N–H and O–H groups in total. The molecule has 30 heavy (non-hydrogen) atoms. The van der Waals surface area contributed by atoms with Crippen molar-refractivity contribution in [2.24, 2.45) is 0 Å². The number of nitrogens with zero attached hydrogens (tertiary/aromatic N) is 1. The zero-order chi connectivity index (χ0) is 22.3. The number of benzene rings is 2. The summed E-state index contributed by atoms with van der Waals surface area (Å²) in [5.41, 5.74) is 1.11. The van der Waals surface area contributed by atoms with Crippen molar-refractivity contribution in [2.75, 3.05) is 5.75 Å². The van der Waals surface area contributed by atoms with Crippen molar-refractivity contribution in [3.05, 3.63) is 69.5 Å². The molecule has 2 aromatic carbocycles. The van der Waals surface area contributed by atoms with Crippen LogP contribution >= 0.6 is 35.0 Å². The summed E-state index contributed by atoms with van der Waals surface area (Å²) in [6.07, 6.45) is 0. The Morgan fingerprint density at radius 2 is 1.73 bits per heavy atom. The maximum Gasteiger partial charge on any atom is 0.242 e. The van der Waals surface area contributed by atoms with Crippen LogP contribution in [0.1, 0.15) is 31.9 Å². The van der Waals surface area contributed by atoms with E-state index in [0.29, 0.717) is 15.6 Å². The van der Waals surface area contributed by atoms with Crippen molar-refractivity contribution in [3.8, 4) is 0 Å². The van der Waals surface area contributed by atoms with Gasteiger partial charge in [-0.05, 0) is 44.5 Å². The molecule has 1 atom stereocenters. The highest BCUT2D eigenvalue weighted by molar-refractivity contribution is 7.99. The van der Waals surface area contributed by atoms with Crippen LogP contribution in [0.2, 0.25) is 10.0 Å². The van der Waals surface area contributed by atoms with Crippen LogP contribution in [-0.2, 0) is 21.9 Å². The van der Waals surface area contributed by atoms with Crippen LogP contribution in [-0.4, -0.2) is 34.6 Å². The van der Waals surface area contributed by atoms with Crippen molar-refractivity contribution in [3.63, 3.8) is 0 Å². The molecular formula is C22H25Cl2FN2O2S. The van der Waals surface area contributed by atoms with E-state index in [0.717, 1.165) is 5.56 Å². The topological polar surface area (TPSA) is 49.4 Å². The summed E-state index contributed by atoms with van der Waals surface area (Å²) >= 11 is 13.6. The highest BCUT2D eigenvalue weighted by atomic mass is 35.5. The molecule has 0 aliphatic carbocycles. The van der Waals surface area contributed by atoms with Crippen LogP contribution < -0.4 is 5.32 Å². The van der Waals surface area contributed by atoms with Gasteiger partial charge in [0.15, 0.2) is 0 Å². The van der Waals surface area contributed by atoms with E-state index in [4.69, 9.17) is 23.2 Å². The van der Waals surface area contributed by atoms with Crippen molar-refractivity contribution in [1.82, 2.24) is 10.2 Å². The van der Waals surface area contributed by atoms with E-state index in [9.17, 15) is 14.0 Å². The molecule has 0 radical (unpaired) electrons. The zero-order valence-electron chi connectivity index (χ0n) is 17.1. The first-order chi connectivity index (χ1) is 14.2. The summed E-state index contributed by atoms with van der Waals surface area (Å²) in [5, 5.41) is 3.69. The lowest BCUT2D eigenvalue weighted by Gasteiger charge is -2.29. The minimum absolute atomic E-state index is 0.0465. The van der Waals surface area contributed by atoms with Crippen LogP contribution in [0.25, 0.3) is 0 Å². The number of amides is 2. The number of nitrogens with one attached hydrogen (secondary N) is 1. The molecule has 0 fully saturated rings. The summed E-state index contributed by atoms with van der Waals surface area (Å²) in [6.45, 7) is 5.61. The zero-order valence-corrected chi connectivity index (χ0v) is 19.5. The summed E-state index contributed by atoms with van der Waals surface area (Å²) < 4.78 is 14.0. The third-order valence-corrected chi connectivity index (χ3v) is 6.10. The highest BCUT2D eigenvalue weighted by Crippen LogP contribution is 2.25. The van der Waals surface area contributed by atoms with Crippen molar-refractivity contribution in [1.29, 1.82) is 0 Å². The number of thioether (sulfide) groups is 1. The molecule has 0 saturated carbocycles. The predicted octanol–water partition coefficient (Wildman–Crippen LogP) is 5.31. The lowest BCUT2D eigenvalue weighted by atomic mass is 10.1. The fourth-order valence-electron chi connectivity index (χ4n) is 2.79. The number of hydrogen-bond donors (Lipinski definition) is 1. The quantitative estimate of drug-likeness (QED) is 0.540. The molecule has 0 spiro atoms. The van der Waals surface area contributed by atoms with Gasteiger partial charge in [0.25, 0.3) is 0 Å². The van der Waals surface area contributed by atoms with Gasteiger partial charge in [-0.2, -0.15) is 0 Å². The molecule has 0 aliphatic rings. The summed E-state index contributed by atoms with van der Waals surface area (Å²) in [6, 6.07) is 11.0. The van der Waals surface area contributed by atoms with Crippen LogP contribution in [0.15, 0.2) is 42.5 Å². The first-order valence-corrected chi connectivity index (χ1v) is 11.5. The molecule has 8 heteroatoms. The van der Waals surface area contributed by atoms with Gasteiger partial charge in [-0.25, -0.2) is 4.39 Å². The molecule has 0 aromatic heterocycles. The van der Waals surface area contributed by atoms with E-state index >= 15 is 0 Å². The fraction of sp³-hybridized carbons (Fsp3) is 0.364. The first-order valence-electron chi connectivity index (χ1n) is 9.54. The molecular weight excluding hydrogens is 446 g/mol. The predicted molar refractivity (Wildman–Crippen MR) is 122 cm³/mol. The van der Waals surface area contributed by atoms with Gasteiger partial charge < -0.3 is 10.2 Å². The second kappa shape index (κ2) is 11.6. The van der Waals surface area contributed by atoms with E-state index < -0.39 is 11.9 Å². The van der Waals surface area contributed by atoms with Crippen LogP contribution in [0.3, 0.4) is 0 Å². The second-order valence-electron chi connectivity index (χ2n) is 7.15. The smallest absolute Gasteiger partial charge is 0.242 e. The highest BCUT2D eigenvalue weighted by Gasteiger charge is 2.27. The Morgan fingerprint density at radius 1 is 1.07 bits per heavy atom. The molecule has 2 rings (SSSR count). The maximum absolute atomic E-state index is 14.0. The van der Waals surface area contributed by atoms with Gasteiger partial charge in [0.05, 0.1) is 5.75 Å². The Hall–Kier alpha value is -1.76. The summed E-state index contributed by atoms with van der Waals surface area (Å²) in [5.74, 6) is -0.551. The number of rotatable bonds is 9. The van der Waals surface area contributed by atoms with Gasteiger partial charge in [0.2, 0.25) is 11.8 Å². The third-order valence-electron chi connectivity index (χ3n) is 4.43. The minimum atomic E-state index is -0.686. The summed E-state index contributed by atoms with van der Waals surface area (Å²) in [7, 11) is 0. The molecule has 0 saturated heterocycles. The number of halogens is 3. The van der Waals surface area contributed by atoms with Crippen LogP contribution in [0.4, 0.5) is 4.39 Å². The largest absolute Gasteiger partial charge is 0.352 e. The molecule has 0 heterocycles. The van der Waals surface area contributed by atoms with Gasteiger partial charge in [0.1, 0.15) is 11.9 Å². The van der Waals surface area contributed by atoms with E-state index in [1.807, 2.05) is 26.0 Å². The van der Waals surface area contributed by atoms with Gasteiger partial charge >= 0.3 is 0 Å². The average Bonchev–Trinajstić information content (AvgIpc) is 2.68. The SMILES string of the molecule is CC(C)NC(=O)[C@@H](C)N(Cc1ccccc1Cl)C(=O)CSCc1c(F)cccc1Cl. The normalized spacial score (nSPS) is 12.0. The van der Waals surface area contributed by atoms with Crippen molar-refractivity contribution >= 4 is 46.8 Å². The van der Waals surface area contributed by atoms with E-state index in [1.54, 1.807) is 25.1 Å². The number of hydrogen-bond acceptors (Lipinski definition) is 3. The Kier molecular flexibility index (Phi) is 9.46. The number of carbonyl (C=O) groups excluding carboxylic acids is 2. The molecule has 4 nitrogen and oxygen atoms in total. The molecule has 0 unspecified atom stereocenters. The van der Waals surface area contributed by atoms with Gasteiger partial charge in [-0.1, -0.05) is 47.5 Å². The fourth-order valence-corrected chi connectivity index (χ4v) is 4.24. The van der Waals surface area contributed by atoms with Crippen LogP contribution in [0.5, 0.6) is 0 Å². The van der Waals surface area contributed by atoms with Gasteiger partial charge in [0, 0.05) is 33.9 Å². The molecule has 2 amide bonds. The van der Waals surface area contributed by atoms with Gasteiger partial charge in [-0.3, -0.25) is 9.59 Å². The average molecular weight is 471 g/mol. The standard InChI is InChI=1S/C22H25Cl2FN2O2S/c1-14(2)26-22(29)15(3)27(11-16-7-4-5-8-18(16)23)21(28)13-30-12-17-19(24)9-6-10-20(17)25/h4-10,14-15H,11-13H2,1-3H3,(H,26,29)/t15-/m1/s1. The molecule has 162 valence electrons.